The van der Waals surface area contributed by atoms with E-state index in [4.69, 9.17) is 23.2 Å². The molecule has 102 valence electrons. The van der Waals surface area contributed by atoms with Crippen LogP contribution in [-0.2, 0) is 0 Å². The van der Waals surface area contributed by atoms with Crippen molar-refractivity contribution in [1.29, 1.82) is 0 Å². The van der Waals surface area contributed by atoms with Gasteiger partial charge >= 0.3 is 133 Å². The molecular formula is C14H11Cl2N3Se. The molecule has 0 saturated heterocycles. The van der Waals surface area contributed by atoms with Gasteiger partial charge in [0.25, 0.3) is 0 Å². The van der Waals surface area contributed by atoms with E-state index in [1.54, 1.807) is 6.07 Å². The maximum atomic E-state index is 6.26. The number of benzene rings is 2. The Morgan fingerprint density at radius 3 is 2.75 bits per heavy atom. The van der Waals surface area contributed by atoms with Crippen LogP contribution >= 0.6 is 23.2 Å². The summed E-state index contributed by atoms with van der Waals surface area (Å²) in [7, 11) is 0. The van der Waals surface area contributed by atoms with E-state index in [-0.39, 0.29) is 20.6 Å². The molecule has 0 bridgehead atoms. The van der Waals surface area contributed by atoms with Gasteiger partial charge in [-0.05, 0) is 0 Å². The van der Waals surface area contributed by atoms with Crippen LogP contribution in [0.3, 0.4) is 0 Å². The molecule has 0 aromatic heterocycles. The monoisotopic (exact) mass is 371 g/mol. The van der Waals surface area contributed by atoms with E-state index in [1.165, 1.54) is 0 Å². The topological polar surface area (TPSA) is 36.8 Å². The Morgan fingerprint density at radius 2 is 1.90 bits per heavy atom. The molecule has 0 saturated carbocycles. The zero-order chi connectivity index (χ0) is 14.1. The molecule has 1 aliphatic heterocycles. The summed E-state index contributed by atoms with van der Waals surface area (Å²) in [6.07, 6.45) is 0. The Bertz CT molecular complexity index is 739. The predicted octanol–water partition coefficient (Wildman–Crippen LogP) is 5.51. The zero-order valence-electron chi connectivity index (χ0n) is 10.6. The second-order valence-electron chi connectivity index (χ2n) is 4.45. The Labute approximate surface area is 133 Å². The third-order valence-corrected chi connectivity index (χ3v) is 5.08. The van der Waals surface area contributed by atoms with Crippen LogP contribution in [0, 0.1) is 0 Å². The average Bonchev–Trinajstić information content (AvgIpc) is 2.91. The summed E-state index contributed by atoms with van der Waals surface area (Å²) in [5.41, 5.74) is 3.85. The van der Waals surface area contributed by atoms with Crippen LogP contribution in [0.1, 0.15) is 18.5 Å². The van der Waals surface area contributed by atoms with Crippen LogP contribution in [0.15, 0.2) is 44.3 Å². The van der Waals surface area contributed by atoms with Crippen LogP contribution in [0.5, 0.6) is 0 Å². The van der Waals surface area contributed by atoms with E-state index in [2.05, 4.69) is 13.2 Å². The Balaban J connectivity index is 1.91. The molecule has 2 aromatic carbocycles. The Kier molecular flexibility index (Phi) is 3.99. The number of hydrogen-bond donors (Lipinski definition) is 1. The van der Waals surface area contributed by atoms with Crippen molar-refractivity contribution in [2.24, 2.45) is 7.92 Å². The maximum absolute atomic E-state index is 6.26. The summed E-state index contributed by atoms with van der Waals surface area (Å²) in [6, 6.07) is 11.7. The van der Waals surface area contributed by atoms with Crippen molar-refractivity contribution < 1.29 is 0 Å². The molecule has 6 heteroatoms. The molecule has 2 aromatic rings. The van der Waals surface area contributed by atoms with Gasteiger partial charge in [0, 0.05) is 0 Å². The number of hydrogen-bond acceptors (Lipinski definition) is 3. The molecule has 1 N–H and O–H groups in total. The normalized spacial score (nSPS) is 13.8. The van der Waals surface area contributed by atoms with E-state index in [0.29, 0.717) is 10.0 Å². The van der Waals surface area contributed by atoms with Crippen molar-refractivity contribution in [2.75, 3.05) is 5.32 Å². The Morgan fingerprint density at radius 1 is 1.10 bits per heavy atom. The number of anilines is 1. The van der Waals surface area contributed by atoms with Crippen LogP contribution in [0.2, 0.25) is 10.0 Å². The fourth-order valence-electron chi connectivity index (χ4n) is 2.09. The minimum atomic E-state index is -0.0307. The van der Waals surface area contributed by atoms with E-state index in [9.17, 15) is 0 Å². The van der Waals surface area contributed by atoms with Crippen molar-refractivity contribution in [3.05, 3.63) is 52.0 Å². The molecule has 20 heavy (non-hydrogen) atoms. The SMILES string of the molecule is CC(Nc1cccc2c1N=[Se]=N2)c1cccc(Cl)c1Cl. The number of halogens is 2. The van der Waals surface area contributed by atoms with Gasteiger partial charge in [0.2, 0.25) is 0 Å². The third-order valence-electron chi connectivity index (χ3n) is 3.11. The summed E-state index contributed by atoms with van der Waals surface area (Å²) in [4.78, 5) is 0. The summed E-state index contributed by atoms with van der Waals surface area (Å²) >= 11 is 12.3. The second kappa shape index (κ2) is 5.74. The first-order valence-corrected chi connectivity index (χ1v) is 8.37. The van der Waals surface area contributed by atoms with E-state index in [1.807, 2.05) is 37.3 Å². The van der Waals surface area contributed by atoms with Crippen molar-refractivity contribution in [1.82, 2.24) is 0 Å². The molecule has 0 radical (unpaired) electrons. The molecule has 1 heterocycles. The van der Waals surface area contributed by atoms with Crippen molar-refractivity contribution in [2.45, 2.75) is 13.0 Å². The zero-order valence-corrected chi connectivity index (χ0v) is 13.8. The van der Waals surface area contributed by atoms with Crippen LogP contribution in [0.4, 0.5) is 17.1 Å². The molecule has 1 unspecified atom stereocenters. The summed E-state index contributed by atoms with van der Waals surface area (Å²) < 4.78 is 8.84. The number of nitrogens with one attached hydrogen (secondary N) is 1. The Hall–Kier alpha value is -1.06. The second-order valence-corrected chi connectivity index (χ2v) is 6.34. The molecule has 0 spiro atoms. The first-order valence-electron chi connectivity index (χ1n) is 6.08. The summed E-state index contributed by atoms with van der Waals surface area (Å²) in [6.45, 7) is 2.05. The summed E-state index contributed by atoms with van der Waals surface area (Å²) in [5, 5.41) is 4.60. The van der Waals surface area contributed by atoms with Crippen molar-refractivity contribution >= 4 is 54.8 Å². The first-order chi connectivity index (χ1) is 9.66. The number of fused-ring (bicyclic) bond motifs is 1. The van der Waals surface area contributed by atoms with E-state index < -0.39 is 0 Å². The molecule has 0 aliphatic carbocycles. The quantitative estimate of drug-likeness (QED) is 0.606. The predicted molar refractivity (Wildman–Crippen MR) is 84.9 cm³/mol. The molecular weight excluding hydrogens is 360 g/mol. The van der Waals surface area contributed by atoms with Crippen LogP contribution < -0.4 is 5.32 Å². The van der Waals surface area contributed by atoms with E-state index >= 15 is 0 Å². The number of rotatable bonds is 3. The van der Waals surface area contributed by atoms with E-state index in [0.717, 1.165) is 22.6 Å². The van der Waals surface area contributed by atoms with Crippen LogP contribution in [-0.4, -0.2) is 14.6 Å². The molecule has 3 nitrogen and oxygen atoms in total. The molecule has 1 aliphatic rings. The fraction of sp³-hybridized carbons (Fsp3) is 0.143. The fourth-order valence-corrected chi connectivity index (χ4v) is 3.71. The van der Waals surface area contributed by atoms with Gasteiger partial charge in [-0.15, -0.1) is 0 Å². The third kappa shape index (κ3) is 2.57. The number of nitrogens with zero attached hydrogens (tertiary/aromatic N) is 2. The standard InChI is InChI=1S/C14H11Cl2N3Se/c1-8(9-4-2-5-10(15)13(9)16)17-11-6-3-7-12-14(11)19-20-18-12/h2-8,17H,1H3. The van der Waals surface area contributed by atoms with Gasteiger partial charge < -0.3 is 0 Å². The molecule has 3 rings (SSSR count). The van der Waals surface area contributed by atoms with Gasteiger partial charge in [0.15, 0.2) is 0 Å². The van der Waals surface area contributed by atoms with Gasteiger partial charge in [-0.2, -0.15) is 0 Å². The molecule has 0 amide bonds. The van der Waals surface area contributed by atoms with Gasteiger partial charge in [-0.25, -0.2) is 0 Å². The first kappa shape index (κ1) is 13.9. The van der Waals surface area contributed by atoms with Gasteiger partial charge in [0.1, 0.15) is 0 Å². The van der Waals surface area contributed by atoms with Crippen molar-refractivity contribution in [3.63, 3.8) is 0 Å². The van der Waals surface area contributed by atoms with Crippen molar-refractivity contribution in [3.8, 4) is 0 Å². The summed E-state index contributed by atoms with van der Waals surface area (Å²) in [5.74, 6) is 0. The van der Waals surface area contributed by atoms with Gasteiger partial charge in [-0.1, -0.05) is 0 Å². The molecule has 0 fully saturated rings. The minimum absolute atomic E-state index is 0.0307. The van der Waals surface area contributed by atoms with Gasteiger partial charge in [-0.3, -0.25) is 0 Å². The van der Waals surface area contributed by atoms with Gasteiger partial charge in [0.05, 0.1) is 0 Å². The average molecular weight is 371 g/mol. The van der Waals surface area contributed by atoms with Crippen LogP contribution in [0.25, 0.3) is 0 Å². The molecule has 1 atom stereocenters.